The quantitative estimate of drug-likeness (QED) is 0.0427. The van der Waals surface area contributed by atoms with E-state index in [4.69, 9.17) is 74.0 Å². The number of aliphatic hydroxyl groups excluding tert-OH is 2. The van der Waals surface area contributed by atoms with Crippen molar-refractivity contribution in [1.29, 1.82) is 0 Å². The fourth-order valence-corrected chi connectivity index (χ4v) is 16.8. The van der Waals surface area contributed by atoms with Crippen LogP contribution in [0.5, 0.6) is 0 Å². The third-order valence-electron chi connectivity index (χ3n) is 21.1. The summed E-state index contributed by atoms with van der Waals surface area (Å²) >= 11 is 3.65. The number of fused-ring (bicyclic) bond motifs is 7. The maximum absolute atomic E-state index is 14.4. The van der Waals surface area contributed by atoms with E-state index in [2.05, 4.69) is 28.2 Å². The van der Waals surface area contributed by atoms with Gasteiger partial charge in [0.15, 0.2) is 6.23 Å². The summed E-state index contributed by atoms with van der Waals surface area (Å²) < 4.78 is 31.9. The van der Waals surface area contributed by atoms with Gasteiger partial charge in [-0.05, 0) is 108 Å². The number of aryl methyl sites for hydroxylation is 2. The smallest absolute Gasteiger partial charge is 0.321 e. The molecule has 1 aromatic carbocycles. The Morgan fingerprint density at radius 3 is 1.95 bits per heavy atom. The molecule has 0 aliphatic carbocycles. The number of carboxylic acids is 1. The van der Waals surface area contributed by atoms with E-state index in [-0.39, 0.29) is 99.7 Å². The fourth-order valence-electron chi connectivity index (χ4n) is 15.5. The number of amides is 7. The summed E-state index contributed by atoms with van der Waals surface area (Å²) in [6.45, 7) is 19.1. The molecule has 7 heterocycles. The van der Waals surface area contributed by atoms with Crippen molar-refractivity contribution in [1.82, 2.24) is 20.2 Å². The van der Waals surface area contributed by atoms with Crippen LogP contribution in [0.2, 0.25) is 0 Å². The SMILES string of the molecule is C/C1=C2N=C(/C=C3\N/C(=C(/C)C4=NC(C)(C5N=C1[C@](C)(CCC(=O)NCC(C)OP(=O)([O-])O[C@H]1[C@@H](O)[C@@H](n6cnc7cc(C)c(C)cc76)O[C@@H]1CO)C5CC(N)=O)[C@@](C)(CC(N)=O)[C@@H]4CCC(N)=O)[C@@](C)(CC(N)=O)[C@@H]3CCC(N)=O)C(C)(C)[C@@H]/2CCC(N)=O.NC(CS)C(=O)O.[Co]. The molecule has 8 bridgehead atoms. The van der Waals surface area contributed by atoms with Gasteiger partial charge in [0.1, 0.15) is 24.4 Å². The first-order chi connectivity index (χ1) is 45.0. The third kappa shape index (κ3) is 16.4. The van der Waals surface area contributed by atoms with Gasteiger partial charge in [0.05, 0.1) is 41.7 Å². The monoisotopic (exact) mass is 1450 g/mol. The molecular weight excluding hydrogens is 1350 g/mol. The zero-order chi connectivity index (χ0) is 72.6. The van der Waals surface area contributed by atoms with Gasteiger partial charge in [0, 0.05) is 154 Å². The van der Waals surface area contributed by atoms with Gasteiger partial charge >= 0.3 is 5.97 Å². The Morgan fingerprint density at radius 1 is 0.827 bits per heavy atom. The number of aliphatic imine (C=N–C) groups is 3. The molecule has 0 spiro atoms. The van der Waals surface area contributed by atoms with E-state index < -0.39 is 155 Å². The minimum absolute atomic E-state index is 0. The molecule has 1 radical (unpaired) electrons. The van der Waals surface area contributed by atoms with Crippen LogP contribution in [0.4, 0.5) is 0 Å². The Bertz CT molecular complexity index is 3740. The molecule has 98 heavy (non-hydrogen) atoms. The molecule has 0 saturated carbocycles. The number of phosphoric ester groups is 1. The number of hydrogen-bond donors (Lipinski definition) is 13. The van der Waals surface area contributed by atoms with Crippen LogP contribution in [0, 0.1) is 59.2 Å². The Balaban J connectivity index is 0.00000179. The van der Waals surface area contributed by atoms with Crippen LogP contribution in [0.3, 0.4) is 0 Å². The molecule has 30 nitrogen and oxygen atoms in total. The first-order valence-electron chi connectivity index (χ1n) is 32.3. The fraction of sp³-hybridized carbons (Fsp3) is 0.631. The number of ether oxygens (including phenoxy) is 1. The number of benzene rings is 1. The van der Waals surface area contributed by atoms with Crippen LogP contribution in [0.15, 0.2) is 67.8 Å². The van der Waals surface area contributed by atoms with E-state index in [1.807, 2.05) is 87.4 Å². The average molecular weight is 1450 g/mol. The predicted molar refractivity (Wildman–Crippen MR) is 361 cm³/mol. The minimum Gasteiger partial charge on any atom is -0.756 e. The Labute approximate surface area is 585 Å². The van der Waals surface area contributed by atoms with Gasteiger partial charge in [-0.1, -0.05) is 34.6 Å². The minimum atomic E-state index is -5.32. The van der Waals surface area contributed by atoms with Crippen LogP contribution >= 0.6 is 20.5 Å². The van der Waals surface area contributed by atoms with Crippen molar-refractivity contribution >= 4 is 95.9 Å². The molecule has 543 valence electrons. The number of phosphoric acid groups is 1. The van der Waals surface area contributed by atoms with Crippen LogP contribution < -0.4 is 55.7 Å². The Hall–Kier alpha value is -6.71. The van der Waals surface area contributed by atoms with Crippen LogP contribution in [0.1, 0.15) is 150 Å². The maximum Gasteiger partial charge on any atom is 0.321 e. The molecule has 2 aromatic rings. The summed E-state index contributed by atoms with van der Waals surface area (Å²) in [6.07, 6.45) is -4.57. The Morgan fingerprint density at radius 2 is 1.41 bits per heavy atom. The summed E-state index contributed by atoms with van der Waals surface area (Å²) in [4.78, 5) is 138. The molecule has 8 rings (SSSR count). The van der Waals surface area contributed by atoms with Crippen molar-refractivity contribution in [2.45, 2.75) is 195 Å². The zero-order valence-corrected chi connectivity index (χ0v) is 60.0. The number of carbonyl (C=O) groups excluding carboxylic acids is 7. The number of nitrogens with zero attached hydrogens (tertiary/aromatic N) is 5. The summed E-state index contributed by atoms with van der Waals surface area (Å²) in [5.41, 5.74) is 42.2. The van der Waals surface area contributed by atoms with Gasteiger partial charge in [0.25, 0.3) is 7.82 Å². The number of aliphatic hydroxyl groups is 2. The van der Waals surface area contributed by atoms with Crippen molar-refractivity contribution in [2.75, 3.05) is 18.9 Å². The number of aliphatic carboxylic acids is 1. The second-order valence-corrected chi connectivity index (χ2v) is 29.9. The number of aromatic nitrogens is 2. The van der Waals surface area contributed by atoms with Crippen LogP contribution in [-0.4, -0.2) is 150 Å². The first-order valence-corrected chi connectivity index (χ1v) is 34.4. The van der Waals surface area contributed by atoms with Crippen molar-refractivity contribution in [3.05, 3.63) is 63.9 Å². The molecule has 6 aliphatic heterocycles. The number of rotatable bonds is 28. The molecule has 2 saturated heterocycles. The predicted octanol–water partition coefficient (Wildman–Crippen LogP) is 1.86. The van der Waals surface area contributed by atoms with Gasteiger partial charge in [-0.15, -0.1) is 0 Å². The molecule has 33 heteroatoms. The number of nitrogens with two attached hydrogens (primary N) is 7. The van der Waals surface area contributed by atoms with E-state index in [1.165, 1.54) is 17.8 Å². The molecule has 19 N–H and O–H groups in total. The Kier molecular flexibility index (Phi) is 25.4. The van der Waals surface area contributed by atoms with Crippen molar-refractivity contribution < 1.29 is 93.7 Å². The van der Waals surface area contributed by atoms with Gasteiger partial charge in [0.2, 0.25) is 41.4 Å². The van der Waals surface area contributed by atoms with E-state index >= 15 is 0 Å². The topological polar surface area (TPSA) is 526 Å². The van der Waals surface area contributed by atoms with Crippen LogP contribution in [-0.2, 0) is 73.5 Å². The van der Waals surface area contributed by atoms with Gasteiger partial charge < -0.3 is 89.3 Å². The van der Waals surface area contributed by atoms with E-state index in [1.54, 1.807) is 0 Å². The summed E-state index contributed by atoms with van der Waals surface area (Å²) in [5.74, 6) is -8.06. The number of primary amides is 6. The molecule has 6 unspecified atom stereocenters. The van der Waals surface area contributed by atoms with E-state index in [0.29, 0.717) is 56.4 Å². The van der Waals surface area contributed by atoms with Crippen molar-refractivity contribution in [2.24, 2.45) is 100 Å². The average Bonchev–Trinajstić information content (AvgIpc) is 1.53. The van der Waals surface area contributed by atoms with E-state index in [9.17, 15) is 58.0 Å². The number of carboxylic acid groups (broad SMARTS) is 1. The van der Waals surface area contributed by atoms with Crippen LogP contribution in [0.25, 0.3) is 11.0 Å². The normalized spacial score (nSPS) is 32.4. The number of thiol groups is 1. The number of nitrogens with one attached hydrogen (secondary N) is 2. The molecule has 6 aliphatic rings. The van der Waals surface area contributed by atoms with Gasteiger partial charge in [-0.2, -0.15) is 12.6 Å². The van der Waals surface area contributed by atoms with Crippen molar-refractivity contribution in [3.63, 3.8) is 0 Å². The second-order valence-electron chi connectivity index (χ2n) is 28.2. The molecular formula is C65H96CoN14O16PS-. The largest absolute Gasteiger partial charge is 0.756 e. The van der Waals surface area contributed by atoms with Crippen molar-refractivity contribution in [3.8, 4) is 0 Å². The number of imidazole rings is 1. The van der Waals surface area contributed by atoms with Gasteiger partial charge in [-0.25, -0.2) is 4.98 Å². The van der Waals surface area contributed by atoms with E-state index in [0.717, 1.165) is 11.1 Å². The molecule has 2 fully saturated rings. The molecule has 1 aromatic heterocycles. The summed E-state index contributed by atoms with van der Waals surface area (Å²) in [5, 5.41) is 36.1. The standard InChI is InChI=1S/C62H90N13O14P.C3H7NO2S.Co/c1-29-20-39-40(21-30(29)2)75(28-70-39)57-52(84)53(41(27-76)87-57)89-90(85,86)88-31(3)26-69-49(83)18-19-59(8)37(22-46(66)80)56-62(11)61(10,25-48(68)82)36(14-17-45(65)79)51(74-62)33(5)55-60(9,24-47(67)81)34(12-15-43(63)77)38(71-55)23-42-58(6,7)35(13-16-44(64)78)50(72-42)32(4)54(59)73-56;4-2(1-7)3(5)6;/h20-21,23,28,31,34-37,41,52-53,56-57,71,76,84H,12-19,22,24-27H2,1-11H3,(H2,63,77)(H2,64,78)(H2,65,79)(H2,66,80)(H2,67,81)(H2,68,82)(H,69,83)(H,85,86);2,7H,1,4H2,(H,5,6);/p-1/b38-23-,50-32-,55-33-;;/t31?,34-,35-,36-,37?,41-,52-,53-,56?,57+,59-,60+,61+,62?;;/m1../s1. The first kappa shape index (κ1) is 80.3. The second kappa shape index (κ2) is 31.0. The number of allylic oxidation sites excluding steroid dienone is 6. The number of carbonyl (C=O) groups is 8. The molecule has 16 atom stereocenters. The summed E-state index contributed by atoms with van der Waals surface area (Å²) in [7, 11) is -5.32. The zero-order valence-electron chi connectivity index (χ0n) is 57.2. The maximum atomic E-state index is 14.4. The number of hydrogen-bond acceptors (Lipinski definition) is 22. The van der Waals surface area contributed by atoms with Gasteiger partial charge in [-0.3, -0.25) is 57.9 Å². The summed E-state index contributed by atoms with van der Waals surface area (Å²) in [6, 6.07) is 1.85. The third-order valence-corrected chi connectivity index (χ3v) is 22.6. The molecule has 7 amide bonds.